The van der Waals surface area contributed by atoms with E-state index in [2.05, 4.69) is 0 Å². The highest BCUT2D eigenvalue weighted by molar-refractivity contribution is 7.89. The molecular formula is C18H20ClN3O5S. The zero-order valence-corrected chi connectivity index (χ0v) is 16.4. The van der Waals surface area contributed by atoms with Crippen molar-refractivity contribution in [2.75, 3.05) is 18.0 Å². The van der Waals surface area contributed by atoms with E-state index < -0.39 is 31.6 Å². The molecule has 3 N–H and O–H groups in total. The Hall–Kier alpha value is -2.20. The van der Waals surface area contributed by atoms with E-state index in [0.717, 1.165) is 11.6 Å². The van der Waals surface area contributed by atoms with E-state index in [0.29, 0.717) is 31.0 Å². The summed E-state index contributed by atoms with van der Waals surface area (Å²) in [5.41, 5.74) is 0.475. The van der Waals surface area contributed by atoms with Gasteiger partial charge in [0.1, 0.15) is 5.69 Å². The number of primary sulfonamides is 1. The third-order valence-corrected chi connectivity index (χ3v) is 6.20. The molecule has 1 unspecified atom stereocenters. The maximum atomic E-state index is 11.7. The van der Waals surface area contributed by atoms with Crippen LogP contribution in [0.25, 0.3) is 0 Å². The van der Waals surface area contributed by atoms with Crippen LogP contribution in [0.5, 0.6) is 0 Å². The van der Waals surface area contributed by atoms with Crippen LogP contribution in [0.4, 0.5) is 11.4 Å². The number of para-hydroxylation sites is 1. The van der Waals surface area contributed by atoms with Gasteiger partial charge in [0.15, 0.2) is 4.90 Å². The molecule has 1 atom stereocenters. The lowest BCUT2D eigenvalue weighted by Gasteiger charge is -2.35. The predicted molar refractivity (Wildman–Crippen MR) is 106 cm³/mol. The van der Waals surface area contributed by atoms with Crippen LogP contribution < -0.4 is 10.0 Å². The summed E-state index contributed by atoms with van der Waals surface area (Å²) in [6, 6.07) is 11.1. The quantitative estimate of drug-likeness (QED) is 0.560. The lowest BCUT2D eigenvalue weighted by Crippen LogP contribution is -2.36. The van der Waals surface area contributed by atoms with Crippen LogP contribution in [0.3, 0.4) is 0 Å². The number of nitrogens with zero attached hydrogens (tertiary/aromatic N) is 2. The van der Waals surface area contributed by atoms with Gasteiger partial charge in [0.05, 0.1) is 11.0 Å². The van der Waals surface area contributed by atoms with Crippen molar-refractivity contribution in [3.63, 3.8) is 0 Å². The highest BCUT2D eigenvalue weighted by Gasteiger charge is 2.32. The van der Waals surface area contributed by atoms with Crippen LogP contribution >= 0.6 is 11.6 Å². The number of aliphatic hydroxyl groups excluding tert-OH is 1. The zero-order chi connectivity index (χ0) is 20.5. The molecular weight excluding hydrogens is 406 g/mol. The maximum Gasteiger partial charge on any atom is 0.312 e. The fraction of sp³-hybridized carbons (Fsp3) is 0.333. The second-order valence-corrected chi connectivity index (χ2v) is 8.71. The van der Waals surface area contributed by atoms with Crippen LogP contribution in [-0.2, 0) is 10.0 Å². The number of nitrogens with two attached hydrogens (primary N) is 1. The lowest BCUT2D eigenvalue weighted by atomic mass is 9.87. The van der Waals surface area contributed by atoms with Gasteiger partial charge in [0, 0.05) is 18.1 Å². The Morgan fingerprint density at radius 2 is 1.79 bits per heavy atom. The summed E-state index contributed by atoms with van der Waals surface area (Å²) in [4.78, 5) is 12.1. The molecule has 3 rings (SSSR count). The molecule has 28 heavy (non-hydrogen) atoms. The maximum absolute atomic E-state index is 11.7. The summed E-state index contributed by atoms with van der Waals surface area (Å²) in [5.74, 6) is -0.0158. The molecule has 1 saturated heterocycles. The number of hydrogen-bond donors (Lipinski definition) is 2. The number of benzene rings is 2. The number of nitro benzene ring substituents is 1. The Bertz CT molecular complexity index is 973. The van der Waals surface area contributed by atoms with E-state index >= 15 is 0 Å². The molecule has 0 amide bonds. The number of piperidine rings is 1. The van der Waals surface area contributed by atoms with Crippen molar-refractivity contribution in [2.24, 2.45) is 11.1 Å². The third kappa shape index (κ3) is 4.27. The average molecular weight is 426 g/mol. The Kier molecular flexibility index (Phi) is 5.90. The van der Waals surface area contributed by atoms with E-state index in [4.69, 9.17) is 16.7 Å². The van der Waals surface area contributed by atoms with Gasteiger partial charge < -0.3 is 10.0 Å². The van der Waals surface area contributed by atoms with Crippen molar-refractivity contribution in [1.29, 1.82) is 0 Å². The fourth-order valence-corrected chi connectivity index (χ4v) is 4.41. The molecule has 0 spiro atoms. The number of hydrogen-bond acceptors (Lipinski definition) is 6. The highest BCUT2D eigenvalue weighted by Crippen LogP contribution is 2.38. The third-order valence-electron chi connectivity index (χ3n) is 5.01. The van der Waals surface area contributed by atoms with Crippen molar-refractivity contribution in [3.8, 4) is 0 Å². The fourth-order valence-electron chi connectivity index (χ4n) is 3.57. The summed E-state index contributed by atoms with van der Waals surface area (Å²) < 4.78 is 23.5. The number of rotatable bonds is 5. The first-order valence-corrected chi connectivity index (χ1v) is 10.6. The molecule has 1 fully saturated rings. The highest BCUT2D eigenvalue weighted by atomic mass is 35.5. The first kappa shape index (κ1) is 20.5. The summed E-state index contributed by atoms with van der Waals surface area (Å²) >= 11 is 5.88. The first-order valence-electron chi connectivity index (χ1n) is 8.67. The Labute approximate surface area is 167 Å². The molecule has 150 valence electrons. The standard InChI is InChI=1S/C18H20ClN3O5S/c19-14-6-4-12(5-7-14)18(23)13-8-10-21(11-9-13)15-2-1-3-16(28(20,26)27)17(15)22(24)25/h1-7,13,18,23H,8-11H2,(H2,20,26,27). The molecule has 0 aliphatic carbocycles. The van der Waals surface area contributed by atoms with Gasteiger partial charge >= 0.3 is 5.69 Å². The molecule has 0 bridgehead atoms. The van der Waals surface area contributed by atoms with E-state index in [-0.39, 0.29) is 11.6 Å². The van der Waals surface area contributed by atoms with E-state index in [1.54, 1.807) is 29.2 Å². The minimum absolute atomic E-state index is 0.0158. The van der Waals surface area contributed by atoms with Crippen LogP contribution in [-0.4, -0.2) is 31.5 Å². The van der Waals surface area contributed by atoms with Crippen molar-refractivity contribution in [2.45, 2.75) is 23.8 Å². The van der Waals surface area contributed by atoms with Crippen molar-refractivity contribution in [3.05, 3.63) is 63.2 Å². The molecule has 2 aromatic rings. The smallest absolute Gasteiger partial charge is 0.312 e. The van der Waals surface area contributed by atoms with E-state index in [9.17, 15) is 23.6 Å². The Morgan fingerprint density at radius 1 is 1.18 bits per heavy atom. The predicted octanol–water partition coefficient (Wildman–Crippen LogP) is 2.85. The molecule has 2 aromatic carbocycles. The minimum atomic E-state index is -4.22. The van der Waals surface area contributed by atoms with Gasteiger partial charge in [-0.25, -0.2) is 13.6 Å². The van der Waals surface area contributed by atoms with Gasteiger partial charge in [-0.15, -0.1) is 0 Å². The van der Waals surface area contributed by atoms with Gasteiger partial charge in [-0.1, -0.05) is 29.8 Å². The normalized spacial score (nSPS) is 16.8. The summed E-state index contributed by atoms with van der Waals surface area (Å²) in [6.07, 6.45) is 0.534. The number of anilines is 1. The van der Waals surface area contributed by atoms with Crippen LogP contribution in [0.2, 0.25) is 5.02 Å². The molecule has 1 aliphatic heterocycles. The second kappa shape index (κ2) is 8.04. The number of aliphatic hydroxyl groups is 1. The van der Waals surface area contributed by atoms with Crippen molar-refractivity contribution >= 4 is 33.0 Å². The number of sulfonamides is 1. The first-order chi connectivity index (χ1) is 13.2. The molecule has 8 nitrogen and oxygen atoms in total. The molecule has 0 aromatic heterocycles. The summed E-state index contributed by atoms with van der Waals surface area (Å²) in [6.45, 7) is 0.897. The molecule has 0 radical (unpaired) electrons. The van der Waals surface area contributed by atoms with E-state index in [1.807, 2.05) is 0 Å². The molecule has 10 heteroatoms. The average Bonchev–Trinajstić information content (AvgIpc) is 2.67. The van der Waals surface area contributed by atoms with Crippen LogP contribution in [0, 0.1) is 16.0 Å². The summed E-state index contributed by atoms with van der Waals surface area (Å²) in [7, 11) is -4.22. The zero-order valence-electron chi connectivity index (χ0n) is 14.9. The molecule has 1 aliphatic rings. The monoisotopic (exact) mass is 425 g/mol. The molecule has 0 saturated carbocycles. The van der Waals surface area contributed by atoms with Crippen LogP contribution in [0.15, 0.2) is 47.4 Å². The van der Waals surface area contributed by atoms with Crippen molar-refractivity contribution < 1.29 is 18.4 Å². The van der Waals surface area contributed by atoms with E-state index in [1.165, 1.54) is 12.1 Å². The molecule has 1 heterocycles. The van der Waals surface area contributed by atoms with Crippen LogP contribution in [0.1, 0.15) is 24.5 Å². The van der Waals surface area contributed by atoms with Gasteiger partial charge in [-0.3, -0.25) is 10.1 Å². The van der Waals surface area contributed by atoms with Gasteiger partial charge in [-0.2, -0.15) is 0 Å². The minimum Gasteiger partial charge on any atom is -0.388 e. The second-order valence-electron chi connectivity index (χ2n) is 6.75. The van der Waals surface area contributed by atoms with Gasteiger partial charge in [0.2, 0.25) is 10.0 Å². The number of nitro groups is 1. The topological polar surface area (TPSA) is 127 Å². The lowest BCUT2D eigenvalue weighted by molar-refractivity contribution is -0.387. The Balaban J connectivity index is 1.80. The van der Waals surface area contributed by atoms with Gasteiger partial charge in [-0.05, 0) is 48.6 Å². The number of halogens is 1. The van der Waals surface area contributed by atoms with Gasteiger partial charge in [0.25, 0.3) is 0 Å². The largest absolute Gasteiger partial charge is 0.388 e. The summed E-state index contributed by atoms with van der Waals surface area (Å²) in [5, 5.41) is 27.9. The van der Waals surface area contributed by atoms with Crippen molar-refractivity contribution in [1.82, 2.24) is 0 Å². The SMILES string of the molecule is NS(=O)(=O)c1cccc(N2CCC(C(O)c3ccc(Cl)cc3)CC2)c1[N+](=O)[O-]. The Morgan fingerprint density at radius 3 is 2.32 bits per heavy atom.